The maximum absolute atomic E-state index is 5.25. The van der Waals surface area contributed by atoms with E-state index < -0.39 is 0 Å². The molecule has 0 spiro atoms. The van der Waals surface area contributed by atoms with Crippen LogP contribution in [0.2, 0.25) is 0 Å². The number of rotatable bonds is 3. The lowest BCUT2D eigenvalue weighted by atomic mass is 10.0. The summed E-state index contributed by atoms with van der Waals surface area (Å²) < 4.78 is 5.25. The van der Waals surface area contributed by atoms with Crippen molar-refractivity contribution in [3.05, 3.63) is 59.7 Å². The summed E-state index contributed by atoms with van der Waals surface area (Å²) in [4.78, 5) is 10.4. The normalized spacial score (nSPS) is 11.0. The molecule has 0 atom stereocenters. The number of thiophene rings is 1. The minimum atomic E-state index is 0.862. The van der Waals surface area contributed by atoms with Gasteiger partial charge in [0.05, 0.1) is 7.11 Å². The van der Waals surface area contributed by atoms with Gasteiger partial charge in [0, 0.05) is 38.7 Å². The first-order chi connectivity index (χ1) is 11.3. The van der Waals surface area contributed by atoms with E-state index in [1.165, 1.54) is 20.7 Å². The molecule has 114 valence electrons. The first kappa shape index (κ1) is 14.0. The number of H-pyrrole nitrogens is 1. The molecule has 0 saturated carbocycles. The van der Waals surface area contributed by atoms with Crippen LogP contribution >= 0.6 is 11.3 Å². The van der Waals surface area contributed by atoms with E-state index >= 15 is 0 Å². The Labute approximate surface area is 138 Å². The predicted octanol–water partition coefficient (Wildman–Crippen LogP) is 5.28. The van der Waals surface area contributed by atoms with E-state index in [-0.39, 0.29) is 0 Å². The van der Waals surface area contributed by atoms with Crippen molar-refractivity contribution in [1.29, 1.82) is 0 Å². The van der Waals surface area contributed by atoms with Gasteiger partial charge in [0.15, 0.2) is 0 Å². The number of aryl methyl sites for hydroxylation is 1. The minimum Gasteiger partial charge on any atom is -0.497 e. The Bertz CT molecular complexity index is 967. The zero-order valence-corrected chi connectivity index (χ0v) is 13.8. The third-order valence-electron chi connectivity index (χ3n) is 3.98. The number of aromatic nitrogens is 2. The number of methoxy groups -OCH3 is 1. The largest absolute Gasteiger partial charge is 0.497 e. The van der Waals surface area contributed by atoms with Gasteiger partial charge in [0.1, 0.15) is 11.4 Å². The van der Waals surface area contributed by atoms with Crippen LogP contribution in [0.3, 0.4) is 0 Å². The molecule has 4 rings (SSSR count). The number of hydrogen-bond acceptors (Lipinski definition) is 3. The van der Waals surface area contributed by atoms with Crippen molar-refractivity contribution in [3.63, 3.8) is 0 Å². The zero-order valence-electron chi connectivity index (χ0n) is 13.0. The molecule has 3 heterocycles. The number of pyridine rings is 1. The van der Waals surface area contributed by atoms with Crippen LogP contribution in [-0.2, 0) is 0 Å². The van der Waals surface area contributed by atoms with Crippen molar-refractivity contribution in [1.82, 2.24) is 9.97 Å². The Hall–Kier alpha value is -2.59. The first-order valence-electron chi connectivity index (χ1n) is 7.43. The van der Waals surface area contributed by atoms with Crippen molar-refractivity contribution >= 4 is 22.4 Å². The molecule has 4 heteroatoms. The van der Waals surface area contributed by atoms with E-state index in [2.05, 4.69) is 47.2 Å². The number of ether oxygens (including phenoxy) is 1. The number of benzene rings is 1. The van der Waals surface area contributed by atoms with Crippen molar-refractivity contribution in [2.45, 2.75) is 6.92 Å². The highest BCUT2D eigenvalue weighted by molar-refractivity contribution is 7.15. The van der Waals surface area contributed by atoms with E-state index in [9.17, 15) is 0 Å². The molecule has 0 unspecified atom stereocenters. The van der Waals surface area contributed by atoms with Crippen LogP contribution in [0.1, 0.15) is 4.88 Å². The van der Waals surface area contributed by atoms with Gasteiger partial charge in [-0.25, -0.2) is 4.98 Å². The quantitative estimate of drug-likeness (QED) is 0.558. The smallest absolute Gasteiger partial charge is 0.138 e. The van der Waals surface area contributed by atoms with Gasteiger partial charge in [0.2, 0.25) is 0 Å². The molecule has 23 heavy (non-hydrogen) atoms. The summed E-state index contributed by atoms with van der Waals surface area (Å²) in [6.45, 7) is 2.13. The van der Waals surface area contributed by atoms with Gasteiger partial charge in [-0.1, -0.05) is 12.1 Å². The van der Waals surface area contributed by atoms with Gasteiger partial charge in [-0.05, 0) is 42.8 Å². The number of nitrogens with one attached hydrogen (secondary N) is 1. The number of fused-ring (bicyclic) bond motifs is 1. The molecule has 0 aliphatic rings. The maximum atomic E-state index is 5.25. The molecule has 0 bridgehead atoms. The van der Waals surface area contributed by atoms with Crippen molar-refractivity contribution in [2.75, 3.05) is 7.11 Å². The van der Waals surface area contributed by atoms with Gasteiger partial charge in [-0.15, -0.1) is 11.3 Å². The summed E-state index contributed by atoms with van der Waals surface area (Å²) in [5.41, 5.74) is 4.45. The molecular formula is C19H16N2OS. The highest BCUT2D eigenvalue weighted by Gasteiger charge is 2.13. The van der Waals surface area contributed by atoms with Crippen LogP contribution in [0.5, 0.6) is 5.75 Å². The summed E-state index contributed by atoms with van der Waals surface area (Å²) in [6.07, 6.45) is 3.89. The van der Waals surface area contributed by atoms with Crippen LogP contribution in [0.15, 0.2) is 54.9 Å². The van der Waals surface area contributed by atoms with Crippen LogP contribution in [0.4, 0.5) is 0 Å². The van der Waals surface area contributed by atoms with Crippen molar-refractivity contribution < 1.29 is 4.74 Å². The van der Waals surface area contributed by atoms with Crippen LogP contribution in [-0.4, -0.2) is 17.1 Å². The standard InChI is InChI=1S/C19H16N2OS/c1-12-3-8-17(23-12)15-9-10-20-19-18(15)16(11-21-19)13-4-6-14(22-2)7-5-13/h3-11H,1-2H3,(H,20,21). The lowest BCUT2D eigenvalue weighted by molar-refractivity contribution is 0.415. The van der Waals surface area contributed by atoms with E-state index in [0.29, 0.717) is 0 Å². The second-order valence-corrected chi connectivity index (χ2v) is 6.71. The molecule has 0 aliphatic carbocycles. The summed E-state index contributed by atoms with van der Waals surface area (Å²) in [5, 5.41) is 1.17. The number of nitrogens with zero attached hydrogens (tertiary/aromatic N) is 1. The number of aromatic amines is 1. The topological polar surface area (TPSA) is 37.9 Å². The molecule has 4 aromatic rings. The van der Waals surface area contributed by atoms with Gasteiger partial charge in [0.25, 0.3) is 0 Å². The molecule has 1 aromatic carbocycles. The fraction of sp³-hybridized carbons (Fsp3) is 0.105. The van der Waals surface area contributed by atoms with Crippen molar-refractivity contribution in [2.24, 2.45) is 0 Å². The van der Waals surface area contributed by atoms with Gasteiger partial charge in [-0.3, -0.25) is 0 Å². The van der Waals surface area contributed by atoms with E-state index in [4.69, 9.17) is 4.74 Å². The molecular weight excluding hydrogens is 304 g/mol. The average molecular weight is 320 g/mol. The summed E-state index contributed by atoms with van der Waals surface area (Å²) >= 11 is 1.81. The lowest BCUT2D eigenvalue weighted by Crippen LogP contribution is -1.84. The van der Waals surface area contributed by atoms with Gasteiger partial charge < -0.3 is 9.72 Å². The molecule has 0 radical (unpaired) electrons. The number of hydrogen-bond donors (Lipinski definition) is 1. The van der Waals surface area contributed by atoms with E-state index in [1.807, 2.05) is 35.9 Å². The zero-order chi connectivity index (χ0) is 15.8. The molecule has 3 nitrogen and oxygen atoms in total. The molecule has 0 aliphatic heterocycles. The Kier molecular flexibility index (Phi) is 3.39. The first-order valence-corrected chi connectivity index (χ1v) is 8.25. The summed E-state index contributed by atoms with van der Waals surface area (Å²) in [7, 11) is 1.68. The SMILES string of the molecule is COc1ccc(-c2c[nH]c3nccc(-c4ccc(C)s4)c23)cc1. The molecule has 0 amide bonds. The van der Waals surface area contributed by atoms with Crippen LogP contribution < -0.4 is 4.74 Å². The minimum absolute atomic E-state index is 0.862. The van der Waals surface area contributed by atoms with Gasteiger partial charge in [-0.2, -0.15) is 0 Å². The third kappa shape index (κ3) is 2.41. The molecule has 0 saturated heterocycles. The second-order valence-electron chi connectivity index (χ2n) is 5.42. The second kappa shape index (κ2) is 5.56. The molecule has 0 fully saturated rings. The fourth-order valence-electron chi connectivity index (χ4n) is 2.84. The molecule has 3 aromatic heterocycles. The highest BCUT2D eigenvalue weighted by atomic mass is 32.1. The Morgan fingerprint density at radius 3 is 2.52 bits per heavy atom. The predicted molar refractivity (Wildman–Crippen MR) is 96.1 cm³/mol. The van der Waals surface area contributed by atoms with Crippen molar-refractivity contribution in [3.8, 4) is 27.3 Å². The summed E-state index contributed by atoms with van der Waals surface area (Å²) in [6, 6.07) is 14.6. The van der Waals surface area contributed by atoms with Gasteiger partial charge >= 0.3 is 0 Å². The highest BCUT2D eigenvalue weighted by Crippen LogP contribution is 2.38. The third-order valence-corrected chi connectivity index (χ3v) is 5.01. The monoisotopic (exact) mass is 320 g/mol. The van der Waals surface area contributed by atoms with E-state index in [0.717, 1.165) is 22.5 Å². The molecule has 1 N–H and O–H groups in total. The summed E-state index contributed by atoms with van der Waals surface area (Å²) in [5.74, 6) is 0.862. The van der Waals surface area contributed by atoms with Crippen LogP contribution in [0, 0.1) is 6.92 Å². The fourth-order valence-corrected chi connectivity index (χ4v) is 3.74. The lowest BCUT2D eigenvalue weighted by Gasteiger charge is -2.05. The van der Waals surface area contributed by atoms with E-state index in [1.54, 1.807) is 7.11 Å². The average Bonchev–Trinajstić information content (AvgIpc) is 3.21. The maximum Gasteiger partial charge on any atom is 0.138 e. The Morgan fingerprint density at radius 2 is 1.83 bits per heavy atom. The van der Waals surface area contributed by atoms with Crippen LogP contribution in [0.25, 0.3) is 32.6 Å². The Balaban J connectivity index is 1.93. The Morgan fingerprint density at radius 1 is 1.00 bits per heavy atom.